The molecule has 0 aromatic carbocycles. The molecule has 1 rings (SSSR count). The Morgan fingerprint density at radius 3 is 2.54 bits per heavy atom. The summed E-state index contributed by atoms with van der Waals surface area (Å²) in [5.41, 5.74) is -0.347. The molecule has 13 heavy (non-hydrogen) atoms. The summed E-state index contributed by atoms with van der Waals surface area (Å²) in [4.78, 5) is 0. The molecule has 0 bridgehead atoms. The van der Waals surface area contributed by atoms with Gasteiger partial charge in [0.05, 0.1) is 0 Å². The lowest BCUT2D eigenvalue weighted by Crippen LogP contribution is -2.61. The van der Waals surface area contributed by atoms with Crippen LogP contribution in [0.15, 0.2) is 0 Å². The lowest BCUT2D eigenvalue weighted by molar-refractivity contribution is 0.184. The molecule has 1 heterocycles. The van der Waals surface area contributed by atoms with Crippen LogP contribution < -0.4 is 10.0 Å². The molecular formula is C7H17N3O2S. The van der Waals surface area contributed by atoms with Crippen molar-refractivity contribution >= 4 is 10.2 Å². The fourth-order valence-corrected chi connectivity index (χ4v) is 2.79. The largest absolute Gasteiger partial charge is 0.314 e. The lowest BCUT2D eigenvalue weighted by Gasteiger charge is -2.41. The van der Waals surface area contributed by atoms with Gasteiger partial charge in [0.2, 0.25) is 0 Å². The van der Waals surface area contributed by atoms with Gasteiger partial charge in [-0.3, -0.25) is 0 Å². The highest BCUT2D eigenvalue weighted by Gasteiger charge is 2.37. The fourth-order valence-electron chi connectivity index (χ4n) is 1.52. The molecule has 0 spiro atoms. The van der Waals surface area contributed by atoms with E-state index in [2.05, 4.69) is 10.0 Å². The third kappa shape index (κ3) is 2.19. The summed E-state index contributed by atoms with van der Waals surface area (Å²) in [6.45, 7) is 5.75. The van der Waals surface area contributed by atoms with E-state index in [9.17, 15) is 8.42 Å². The molecule has 6 heteroatoms. The van der Waals surface area contributed by atoms with E-state index >= 15 is 0 Å². The average molecular weight is 207 g/mol. The molecule has 5 nitrogen and oxygen atoms in total. The van der Waals surface area contributed by atoms with E-state index in [1.165, 1.54) is 11.4 Å². The zero-order valence-electron chi connectivity index (χ0n) is 8.29. The van der Waals surface area contributed by atoms with E-state index < -0.39 is 10.2 Å². The van der Waals surface area contributed by atoms with Gasteiger partial charge in [0.25, 0.3) is 10.2 Å². The SMILES string of the molecule is CNS(=O)(=O)N1CCNCC1(C)C. The number of nitrogens with one attached hydrogen (secondary N) is 2. The van der Waals surface area contributed by atoms with E-state index in [4.69, 9.17) is 0 Å². The van der Waals surface area contributed by atoms with Crippen LogP contribution >= 0.6 is 0 Å². The van der Waals surface area contributed by atoms with Crippen LogP contribution in [0.2, 0.25) is 0 Å². The molecular weight excluding hydrogens is 190 g/mol. The summed E-state index contributed by atoms with van der Waals surface area (Å²) in [6.07, 6.45) is 0. The summed E-state index contributed by atoms with van der Waals surface area (Å²) in [6, 6.07) is 0. The topological polar surface area (TPSA) is 61.4 Å². The van der Waals surface area contributed by atoms with Crippen LogP contribution in [0.25, 0.3) is 0 Å². The van der Waals surface area contributed by atoms with Crippen molar-refractivity contribution in [1.29, 1.82) is 0 Å². The van der Waals surface area contributed by atoms with Crippen LogP contribution in [0, 0.1) is 0 Å². The predicted molar refractivity (Wildman–Crippen MR) is 51.6 cm³/mol. The first kappa shape index (κ1) is 10.9. The maximum atomic E-state index is 11.6. The number of hydrogen-bond donors (Lipinski definition) is 2. The number of hydrogen-bond acceptors (Lipinski definition) is 3. The predicted octanol–water partition coefficient (Wildman–Crippen LogP) is -0.866. The zero-order chi connectivity index (χ0) is 10.1. The molecule has 0 atom stereocenters. The van der Waals surface area contributed by atoms with E-state index in [1.54, 1.807) is 0 Å². The molecule has 0 aromatic heterocycles. The van der Waals surface area contributed by atoms with Crippen molar-refractivity contribution < 1.29 is 8.42 Å². The van der Waals surface area contributed by atoms with E-state index in [-0.39, 0.29) is 5.54 Å². The van der Waals surface area contributed by atoms with Gasteiger partial charge < -0.3 is 5.32 Å². The second kappa shape index (κ2) is 3.53. The Morgan fingerprint density at radius 2 is 2.08 bits per heavy atom. The number of piperazine rings is 1. The van der Waals surface area contributed by atoms with Gasteiger partial charge >= 0.3 is 0 Å². The standard InChI is InChI=1S/C7H17N3O2S/c1-7(2)6-9-4-5-10(7)13(11,12)8-3/h8-9H,4-6H2,1-3H3. The maximum absolute atomic E-state index is 11.6. The lowest BCUT2D eigenvalue weighted by atomic mass is 10.0. The van der Waals surface area contributed by atoms with Crippen LogP contribution in [-0.2, 0) is 10.2 Å². The minimum atomic E-state index is -3.29. The highest BCUT2D eigenvalue weighted by Crippen LogP contribution is 2.18. The number of nitrogens with zero attached hydrogens (tertiary/aromatic N) is 1. The van der Waals surface area contributed by atoms with Crippen molar-refractivity contribution in [2.75, 3.05) is 26.7 Å². The minimum Gasteiger partial charge on any atom is -0.314 e. The van der Waals surface area contributed by atoms with Crippen LogP contribution in [0.5, 0.6) is 0 Å². The molecule has 1 aliphatic heterocycles. The first-order chi connectivity index (χ1) is 5.90. The molecule has 0 unspecified atom stereocenters. The molecule has 0 radical (unpaired) electrons. The molecule has 1 saturated heterocycles. The Bertz CT molecular complexity index is 273. The van der Waals surface area contributed by atoms with Crippen LogP contribution in [-0.4, -0.2) is 44.9 Å². The van der Waals surface area contributed by atoms with Crippen LogP contribution in [0.4, 0.5) is 0 Å². The first-order valence-electron chi connectivity index (χ1n) is 4.32. The molecule has 0 aliphatic carbocycles. The van der Waals surface area contributed by atoms with Gasteiger partial charge in [-0.05, 0) is 13.8 Å². The molecule has 1 fully saturated rings. The van der Waals surface area contributed by atoms with Crippen molar-refractivity contribution in [3.05, 3.63) is 0 Å². The summed E-state index contributed by atoms with van der Waals surface area (Å²) in [7, 11) is -1.85. The van der Waals surface area contributed by atoms with Crippen LogP contribution in [0.3, 0.4) is 0 Å². The third-order valence-electron chi connectivity index (χ3n) is 2.27. The van der Waals surface area contributed by atoms with Crippen molar-refractivity contribution in [2.24, 2.45) is 0 Å². The second-order valence-corrected chi connectivity index (χ2v) is 5.57. The summed E-state index contributed by atoms with van der Waals surface area (Å²) >= 11 is 0. The Hall–Kier alpha value is -0.170. The molecule has 0 saturated carbocycles. The Kier molecular flexibility index (Phi) is 2.96. The molecule has 1 aliphatic rings. The number of rotatable bonds is 2. The Labute approximate surface area is 79.7 Å². The van der Waals surface area contributed by atoms with E-state index in [1.807, 2.05) is 13.8 Å². The van der Waals surface area contributed by atoms with Gasteiger partial charge in [0.1, 0.15) is 0 Å². The van der Waals surface area contributed by atoms with Gasteiger partial charge in [0, 0.05) is 32.2 Å². The van der Waals surface area contributed by atoms with Crippen LogP contribution in [0.1, 0.15) is 13.8 Å². The molecule has 78 valence electrons. The van der Waals surface area contributed by atoms with E-state index in [0.29, 0.717) is 19.6 Å². The summed E-state index contributed by atoms with van der Waals surface area (Å²) < 4.78 is 26.9. The third-order valence-corrected chi connectivity index (χ3v) is 4.05. The van der Waals surface area contributed by atoms with Gasteiger partial charge in [0.15, 0.2) is 0 Å². The molecule has 0 aromatic rings. The smallest absolute Gasteiger partial charge is 0.279 e. The maximum Gasteiger partial charge on any atom is 0.279 e. The van der Waals surface area contributed by atoms with Crippen molar-refractivity contribution in [3.63, 3.8) is 0 Å². The summed E-state index contributed by atoms with van der Waals surface area (Å²) in [5, 5.41) is 3.17. The molecule has 2 N–H and O–H groups in total. The average Bonchev–Trinajstić information content (AvgIpc) is 2.03. The van der Waals surface area contributed by atoms with Crippen molar-refractivity contribution in [1.82, 2.24) is 14.3 Å². The van der Waals surface area contributed by atoms with Gasteiger partial charge in [-0.15, -0.1) is 0 Å². The zero-order valence-corrected chi connectivity index (χ0v) is 9.11. The highest BCUT2D eigenvalue weighted by molar-refractivity contribution is 7.87. The van der Waals surface area contributed by atoms with Gasteiger partial charge in [-0.1, -0.05) is 0 Å². The minimum absolute atomic E-state index is 0.347. The van der Waals surface area contributed by atoms with Crippen molar-refractivity contribution in [2.45, 2.75) is 19.4 Å². The summed E-state index contributed by atoms with van der Waals surface area (Å²) in [5.74, 6) is 0. The van der Waals surface area contributed by atoms with Gasteiger partial charge in [-0.2, -0.15) is 12.7 Å². The normalized spacial score (nSPS) is 24.5. The Morgan fingerprint density at radius 1 is 1.46 bits per heavy atom. The highest BCUT2D eigenvalue weighted by atomic mass is 32.2. The fraction of sp³-hybridized carbons (Fsp3) is 1.00. The van der Waals surface area contributed by atoms with Crippen molar-refractivity contribution in [3.8, 4) is 0 Å². The first-order valence-corrected chi connectivity index (χ1v) is 5.76. The van der Waals surface area contributed by atoms with E-state index in [0.717, 1.165) is 0 Å². The van der Waals surface area contributed by atoms with Gasteiger partial charge in [-0.25, -0.2) is 4.72 Å². The second-order valence-electron chi connectivity index (χ2n) is 3.77. The Balaban J connectivity index is 2.89. The monoisotopic (exact) mass is 207 g/mol. The molecule has 0 amide bonds. The quantitative estimate of drug-likeness (QED) is 0.619.